The van der Waals surface area contributed by atoms with Crippen LogP contribution in [-0.2, 0) is 11.2 Å². The minimum absolute atomic E-state index is 0.308. The summed E-state index contributed by atoms with van der Waals surface area (Å²) in [7, 11) is 0. The molecule has 1 N–H and O–H groups in total. The number of carbonyl (C=O) groups is 1. The van der Waals surface area contributed by atoms with Gasteiger partial charge in [-0.3, -0.25) is 4.79 Å². The standard InChI is InChI=1S/C16H22O2S/c1-12-6-5-9-14(10-12)19-15(16(17)18)11-13-7-3-2-4-8-13/h2-4,7-8,12,14-15H,5-6,9-11H2,1H3,(H,17,18). The Morgan fingerprint density at radius 2 is 2.11 bits per heavy atom. The first-order valence-electron chi connectivity index (χ1n) is 7.07. The predicted octanol–water partition coefficient (Wildman–Crippen LogP) is 3.99. The SMILES string of the molecule is CC1CCCC(SC(Cc2ccccc2)C(=O)O)C1. The highest BCUT2D eigenvalue weighted by atomic mass is 32.2. The summed E-state index contributed by atoms with van der Waals surface area (Å²) < 4.78 is 0. The normalized spacial score (nSPS) is 24.9. The molecule has 2 rings (SSSR count). The smallest absolute Gasteiger partial charge is 0.316 e. The van der Waals surface area contributed by atoms with Crippen molar-refractivity contribution in [1.82, 2.24) is 0 Å². The van der Waals surface area contributed by atoms with E-state index >= 15 is 0 Å². The van der Waals surface area contributed by atoms with Gasteiger partial charge >= 0.3 is 5.97 Å². The number of carboxylic acids is 1. The van der Waals surface area contributed by atoms with Crippen LogP contribution in [0.15, 0.2) is 30.3 Å². The molecule has 1 aromatic rings. The number of thioether (sulfide) groups is 1. The van der Waals surface area contributed by atoms with E-state index in [9.17, 15) is 9.90 Å². The van der Waals surface area contributed by atoms with Crippen molar-refractivity contribution in [2.45, 2.75) is 49.5 Å². The third-order valence-electron chi connectivity index (χ3n) is 3.78. The summed E-state index contributed by atoms with van der Waals surface area (Å²) in [5.41, 5.74) is 1.12. The van der Waals surface area contributed by atoms with Crippen molar-refractivity contribution in [3.05, 3.63) is 35.9 Å². The van der Waals surface area contributed by atoms with Crippen LogP contribution in [0.2, 0.25) is 0 Å². The molecule has 1 fully saturated rings. The van der Waals surface area contributed by atoms with E-state index in [4.69, 9.17) is 0 Å². The third kappa shape index (κ3) is 4.57. The van der Waals surface area contributed by atoms with E-state index in [0.29, 0.717) is 11.7 Å². The molecule has 1 aromatic carbocycles. The maximum Gasteiger partial charge on any atom is 0.316 e. The van der Waals surface area contributed by atoms with Crippen LogP contribution in [0, 0.1) is 5.92 Å². The summed E-state index contributed by atoms with van der Waals surface area (Å²) in [4.78, 5) is 11.4. The van der Waals surface area contributed by atoms with Crippen LogP contribution in [0.1, 0.15) is 38.2 Å². The van der Waals surface area contributed by atoms with Gasteiger partial charge in [0, 0.05) is 5.25 Å². The van der Waals surface area contributed by atoms with Crippen LogP contribution in [-0.4, -0.2) is 21.6 Å². The first kappa shape index (κ1) is 14.4. The molecule has 0 heterocycles. The Morgan fingerprint density at radius 3 is 2.74 bits per heavy atom. The molecular formula is C16H22O2S. The Labute approximate surface area is 119 Å². The fraction of sp³-hybridized carbons (Fsp3) is 0.562. The minimum Gasteiger partial charge on any atom is -0.480 e. The Balaban J connectivity index is 1.94. The van der Waals surface area contributed by atoms with Gasteiger partial charge in [-0.1, -0.05) is 50.1 Å². The van der Waals surface area contributed by atoms with E-state index in [1.54, 1.807) is 11.8 Å². The van der Waals surface area contributed by atoms with Gasteiger partial charge < -0.3 is 5.11 Å². The Bertz CT molecular complexity index is 404. The Kier molecular flexibility index (Phi) is 5.32. The molecule has 0 radical (unpaired) electrons. The molecule has 0 amide bonds. The molecule has 104 valence electrons. The monoisotopic (exact) mass is 278 g/mol. The van der Waals surface area contributed by atoms with Crippen molar-refractivity contribution in [2.24, 2.45) is 5.92 Å². The van der Waals surface area contributed by atoms with Crippen LogP contribution < -0.4 is 0 Å². The van der Waals surface area contributed by atoms with Gasteiger partial charge in [-0.15, -0.1) is 11.8 Å². The molecule has 0 aliphatic heterocycles. The molecule has 1 saturated carbocycles. The number of hydrogen-bond donors (Lipinski definition) is 1. The van der Waals surface area contributed by atoms with Gasteiger partial charge in [-0.25, -0.2) is 0 Å². The summed E-state index contributed by atoms with van der Waals surface area (Å²) in [5.74, 6) is 0.0736. The molecule has 1 aliphatic rings. The summed E-state index contributed by atoms with van der Waals surface area (Å²) in [6.45, 7) is 2.28. The van der Waals surface area contributed by atoms with E-state index in [-0.39, 0.29) is 5.25 Å². The van der Waals surface area contributed by atoms with Crippen molar-refractivity contribution in [3.63, 3.8) is 0 Å². The number of carboxylic acid groups (broad SMARTS) is 1. The van der Waals surface area contributed by atoms with Crippen molar-refractivity contribution >= 4 is 17.7 Å². The van der Waals surface area contributed by atoms with Gasteiger partial charge in [0.1, 0.15) is 5.25 Å². The van der Waals surface area contributed by atoms with Crippen LogP contribution in [0.5, 0.6) is 0 Å². The van der Waals surface area contributed by atoms with Crippen molar-refractivity contribution in [1.29, 1.82) is 0 Å². The average Bonchev–Trinajstić information content (AvgIpc) is 2.39. The van der Waals surface area contributed by atoms with E-state index in [0.717, 1.165) is 11.5 Å². The largest absolute Gasteiger partial charge is 0.480 e. The first-order chi connectivity index (χ1) is 9.15. The molecule has 3 heteroatoms. The van der Waals surface area contributed by atoms with E-state index in [1.807, 2.05) is 30.3 Å². The van der Waals surface area contributed by atoms with Gasteiger partial charge in [0.25, 0.3) is 0 Å². The second kappa shape index (κ2) is 6.99. The lowest BCUT2D eigenvalue weighted by Gasteiger charge is -2.28. The molecule has 1 aliphatic carbocycles. The zero-order chi connectivity index (χ0) is 13.7. The lowest BCUT2D eigenvalue weighted by Crippen LogP contribution is -2.25. The van der Waals surface area contributed by atoms with Gasteiger partial charge in [0.05, 0.1) is 0 Å². The van der Waals surface area contributed by atoms with Crippen molar-refractivity contribution in [3.8, 4) is 0 Å². The molecular weight excluding hydrogens is 256 g/mol. The highest BCUT2D eigenvalue weighted by Gasteiger charge is 2.26. The molecule has 3 unspecified atom stereocenters. The maximum absolute atomic E-state index is 11.4. The first-order valence-corrected chi connectivity index (χ1v) is 8.01. The quantitative estimate of drug-likeness (QED) is 0.884. The van der Waals surface area contributed by atoms with Crippen molar-refractivity contribution < 1.29 is 9.90 Å². The second-order valence-electron chi connectivity index (χ2n) is 5.55. The summed E-state index contributed by atoms with van der Waals surface area (Å²) in [6, 6.07) is 9.94. The molecule has 19 heavy (non-hydrogen) atoms. The molecule has 0 spiro atoms. The van der Waals surface area contributed by atoms with E-state index < -0.39 is 5.97 Å². The van der Waals surface area contributed by atoms with Gasteiger partial charge in [0.15, 0.2) is 0 Å². The Hall–Kier alpha value is -0.960. The van der Waals surface area contributed by atoms with E-state index in [1.165, 1.54) is 25.7 Å². The molecule has 0 saturated heterocycles. The highest BCUT2D eigenvalue weighted by Crippen LogP contribution is 2.35. The molecule has 2 nitrogen and oxygen atoms in total. The summed E-state index contributed by atoms with van der Waals surface area (Å²) >= 11 is 1.67. The topological polar surface area (TPSA) is 37.3 Å². The number of rotatable bonds is 5. The lowest BCUT2D eigenvalue weighted by atomic mass is 9.91. The third-order valence-corrected chi connectivity index (χ3v) is 5.29. The fourth-order valence-electron chi connectivity index (χ4n) is 2.76. The maximum atomic E-state index is 11.4. The number of benzene rings is 1. The van der Waals surface area contributed by atoms with Crippen LogP contribution >= 0.6 is 11.8 Å². The van der Waals surface area contributed by atoms with Crippen molar-refractivity contribution in [2.75, 3.05) is 0 Å². The van der Waals surface area contributed by atoms with Gasteiger partial charge in [0.2, 0.25) is 0 Å². The van der Waals surface area contributed by atoms with Gasteiger partial charge in [-0.05, 0) is 30.7 Å². The van der Waals surface area contributed by atoms with Crippen LogP contribution in [0.4, 0.5) is 0 Å². The van der Waals surface area contributed by atoms with E-state index in [2.05, 4.69) is 6.92 Å². The zero-order valence-electron chi connectivity index (χ0n) is 11.4. The number of aliphatic carboxylic acids is 1. The fourth-order valence-corrected chi connectivity index (χ4v) is 4.37. The number of hydrogen-bond acceptors (Lipinski definition) is 2. The average molecular weight is 278 g/mol. The predicted molar refractivity (Wildman–Crippen MR) is 80.6 cm³/mol. The lowest BCUT2D eigenvalue weighted by molar-refractivity contribution is -0.136. The second-order valence-corrected chi connectivity index (χ2v) is 7.05. The molecule has 3 atom stereocenters. The minimum atomic E-state index is -0.674. The van der Waals surface area contributed by atoms with Gasteiger partial charge in [-0.2, -0.15) is 0 Å². The van der Waals surface area contributed by atoms with Crippen LogP contribution in [0.3, 0.4) is 0 Å². The molecule has 0 bridgehead atoms. The summed E-state index contributed by atoms with van der Waals surface area (Å²) in [5, 5.41) is 9.62. The summed E-state index contributed by atoms with van der Waals surface area (Å²) in [6.07, 6.45) is 5.52. The molecule has 0 aromatic heterocycles. The van der Waals surface area contributed by atoms with Crippen LogP contribution in [0.25, 0.3) is 0 Å². The highest BCUT2D eigenvalue weighted by molar-refractivity contribution is 8.01. The Morgan fingerprint density at radius 1 is 1.37 bits per heavy atom. The zero-order valence-corrected chi connectivity index (χ0v) is 12.2.